The third-order valence-electron chi connectivity index (χ3n) is 3.33. The standard InChI is InChI=1S/C14H14N2.2ClH/c1-8-5-11-12-7-10(15)3-4-13(12)16-14(11)6-9(8)2;;/h3-7,9H,15H2,1-2H3;2*1H. The molecule has 0 saturated carbocycles. The molecule has 0 spiro atoms. The van der Waals surface area contributed by atoms with Crippen molar-refractivity contribution in [2.75, 3.05) is 5.73 Å². The van der Waals surface area contributed by atoms with E-state index in [1.165, 1.54) is 11.1 Å². The molecule has 2 N–H and O–H groups in total. The Kier molecular flexibility index (Phi) is 4.25. The molecule has 96 valence electrons. The number of nitrogens with two attached hydrogens (primary N) is 1. The molecule has 2 nitrogen and oxygen atoms in total. The van der Waals surface area contributed by atoms with Gasteiger partial charge in [0.2, 0.25) is 0 Å². The van der Waals surface area contributed by atoms with Crippen molar-refractivity contribution in [2.45, 2.75) is 13.8 Å². The summed E-state index contributed by atoms with van der Waals surface area (Å²) in [6, 6.07) is 5.90. The third kappa shape index (κ3) is 2.18. The molecule has 0 amide bonds. The molecule has 0 saturated heterocycles. The van der Waals surface area contributed by atoms with Gasteiger partial charge in [0.25, 0.3) is 0 Å². The summed E-state index contributed by atoms with van der Waals surface area (Å²) >= 11 is 0. The average Bonchev–Trinajstić information content (AvgIpc) is 2.57. The Balaban J connectivity index is 0.000000810. The molecule has 1 unspecified atom stereocenters. The number of halogens is 2. The van der Waals surface area contributed by atoms with Crippen LogP contribution in [0.2, 0.25) is 0 Å². The summed E-state index contributed by atoms with van der Waals surface area (Å²) in [6.07, 6.45) is 4.45. The first kappa shape index (κ1) is 14.8. The number of anilines is 1. The third-order valence-corrected chi connectivity index (χ3v) is 3.33. The molecule has 1 aliphatic heterocycles. The number of nitrogen functional groups attached to an aromatic ring is 1. The van der Waals surface area contributed by atoms with Gasteiger partial charge >= 0.3 is 0 Å². The Morgan fingerprint density at radius 2 is 1.94 bits per heavy atom. The lowest BCUT2D eigenvalue weighted by atomic mass is 9.92. The van der Waals surface area contributed by atoms with Crippen LogP contribution in [0.1, 0.15) is 13.8 Å². The summed E-state index contributed by atoms with van der Waals surface area (Å²) in [4.78, 5) is 4.62. The summed E-state index contributed by atoms with van der Waals surface area (Å²) < 4.78 is 0. The fourth-order valence-electron chi connectivity index (χ4n) is 2.20. The van der Waals surface area contributed by atoms with Crippen LogP contribution < -0.4 is 16.3 Å². The van der Waals surface area contributed by atoms with Crippen LogP contribution >= 0.6 is 24.8 Å². The average molecular weight is 283 g/mol. The van der Waals surface area contributed by atoms with Gasteiger partial charge in [-0.1, -0.05) is 24.6 Å². The lowest BCUT2D eigenvalue weighted by Gasteiger charge is -2.14. The number of hydrogen-bond acceptors (Lipinski definition) is 2. The van der Waals surface area contributed by atoms with E-state index in [2.05, 4.69) is 31.0 Å². The molecule has 1 atom stereocenters. The molecular formula is C14H16Cl2N2. The highest BCUT2D eigenvalue weighted by molar-refractivity contribution is 5.85. The van der Waals surface area contributed by atoms with Crippen LogP contribution in [0.25, 0.3) is 5.57 Å². The monoisotopic (exact) mass is 282 g/mol. The number of allylic oxidation sites excluding steroid dienone is 3. The van der Waals surface area contributed by atoms with E-state index in [1.807, 2.05) is 18.2 Å². The normalized spacial score (nSPS) is 19.4. The number of nitrogens with zero attached hydrogens (tertiary/aromatic N) is 1. The zero-order valence-corrected chi connectivity index (χ0v) is 11.9. The molecule has 1 aromatic carbocycles. The van der Waals surface area contributed by atoms with Gasteiger partial charge in [0.1, 0.15) is 0 Å². The fourth-order valence-corrected chi connectivity index (χ4v) is 2.20. The second kappa shape index (κ2) is 5.17. The van der Waals surface area contributed by atoms with E-state index in [-0.39, 0.29) is 24.8 Å². The van der Waals surface area contributed by atoms with Crippen LogP contribution in [0.15, 0.2) is 46.6 Å². The lowest BCUT2D eigenvalue weighted by Crippen LogP contribution is -2.23. The van der Waals surface area contributed by atoms with E-state index in [1.54, 1.807) is 0 Å². The van der Waals surface area contributed by atoms with Crippen molar-refractivity contribution < 1.29 is 0 Å². The summed E-state index contributed by atoms with van der Waals surface area (Å²) in [5.41, 5.74) is 10.3. The van der Waals surface area contributed by atoms with Crippen molar-refractivity contribution in [1.29, 1.82) is 0 Å². The zero-order chi connectivity index (χ0) is 11.3. The molecule has 0 bridgehead atoms. The quantitative estimate of drug-likeness (QED) is 0.729. The SMILES string of the molecule is CC1=CC2=c3cc(N)ccc3=NC2=CC1C.Cl.Cl. The smallest absolute Gasteiger partial charge is 0.0717 e. The first-order valence-electron chi connectivity index (χ1n) is 5.54. The van der Waals surface area contributed by atoms with Crippen LogP contribution in [0, 0.1) is 5.92 Å². The van der Waals surface area contributed by atoms with Gasteiger partial charge in [0, 0.05) is 16.5 Å². The van der Waals surface area contributed by atoms with E-state index >= 15 is 0 Å². The molecule has 1 aromatic rings. The first-order valence-corrected chi connectivity index (χ1v) is 5.54. The maximum absolute atomic E-state index is 5.82. The summed E-state index contributed by atoms with van der Waals surface area (Å²) in [5, 5.41) is 2.20. The predicted octanol–water partition coefficient (Wildman–Crippen LogP) is 2.38. The Morgan fingerprint density at radius 3 is 2.67 bits per heavy atom. The van der Waals surface area contributed by atoms with Gasteiger partial charge in [-0.15, -0.1) is 24.8 Å². The van der Waals surface area contributed by atoms with E-state index in [0.29, 0.717) is 5.92 Å². The second-order valence-electron chi connectivity index (χ2n) is 4.53. The van der Waals surface area contributed by atoms with Gasteiger partial charge in [-0.3, -0.25) is 0 Å². The fraction of sp³-hybridized carbons (Fsp3) is 0.214. The first-order chi connectivity index (χ1) is 7.65. The molecule has 1 aliphatic carbocycles. The molecule has 4 heteroatoms. The topological polar surface area (TPSA) is 38.4 Å². The highest BCUT2D eigenvalue weighted by Gasteiger charge is 2.17. The Morgan fingerprint density at radius 1 is 1.22 bits per heavy atom. The summed E-state index contributed by atoms with van der Waals surface area (Å²) in [5.74, 6) is 0.481. The van der Waals surface area contributed by atoms with Crippen molar-refractivity contribution in [3.8, 4) is 0 Å². The molecule has 1 heterocycles. The van der Waals surface area contributed by atoms with E-state index in [4.69, 9.17) is 5.73 Å². The van der Waals surface area contributed by atoms with Gasteiger partial charge in [-0.2, -0.15) is 0 Å². The number of fused-ring (bicyclic) bond motifs is 2. The molecule has 2 aliphatic rings. The maximum Gasteiger partial charge on any atom is 0.0717 e. The van der Waals surface area contributed by atoms with Gasteiger partial charge in [0.05, 0.1) is 11.1 Å². The predicted molar refractivity (Wildman–Crippen MR) is 80.5 cm³/mol. The van der Waals surface area contributed by atoms with Crippen molar-refractivity contribution in [1.82, 2.24) is 0 Å². The molecule has 3 rings (SSSR count). The Hall–Kier alpha value is -1.25. The highest BCUT2D eigenvalue weighted by Crippen LogP contribution is 2.28. The molecule has 0 fully saturated rings. The molecule has 0 aromatic heterocycles. The van der Waals surface area contributed by atoms with Crippen molar-refractivity contribution in [2.24, 2.45) is 10.9 Å². The van der Waals surface area contributed by atoms with Gasteiger partial charge in [0.15, 0.2) is 0 Å². The Bertz CT molecular complexity index is 657. The lowest BCUT2D eigenvalue weighted by molar-refractivity contribution is 0.846. The van der Waals surface area contributed by atoms with Crippen molar-refractivity contribution >= 4 is 36.1 Å². The minimum Gasteiger partial charge on any atom is -0.399 e. The van der Waals surface area contributed by atoms with Crippen LogP contribution in [0.5, 0.6) is 0 Å². The number of benzene rings is 1. The largest absolute Gasteiger partial charge is 0.399 e. The van der Waals surface area contributed by atoms with Crippen molar-refractivity contribution in [3.05, 3.63) is 52.2 Å². The van der Waals surface area contributed by atoms with Crippen LogP contribution in [-0.2, 0) is 0 Å². The second-order valence-corrected chi connectivity index (χ2v) is 4.53. The van der Waals surface area contributed by atoms with Crippen LogP contribution in [-0.4, -0.2) is 0 Å². The van der Waals surface area contributed by atoms with Gasteiger partial charge in [-0.05, 0) is 31.0 Å². The minimum atomic E-state index is 0. The molecule has 0 radical (unpaired) electrons. The zero-order valence-electron chi connectivity index (χ0n) is 10.3. The van der Waals surface area contributed by atoms with E-state index in [0.717, 1.165) is 22.0 Å². The highest BCUT2D eigenvalue weighted by atomic mass is 35.5. The summed E-state index contributed by atoms with van der Waals surface area (Å²) in [7, 11) is 0. The van der Waals surface area contributed by atoms with Gasteiger partial charge < -0.3 is 5.73 Å². The van der Waals surface area contributed by atoms with Crippen LogP contribution in [0.3, 0.4) is 0 Å². The maximum atomic E-state index is 5.82. The minimum absolute atomic E-state index is 0. The number of rotatable bonds is 0. The molecular weight excluding hydrogens is 267 g/mol. The molecule has 18 heavy (non-hydrogen) atoms. The van der Waals surface area contributed by atoms with Gasteiger partial charge in [-0.25, -0.2) is 4.99 Å². The number of hydrogen-bond donors (Lipinski definition) is 1. The van der Waals surface area contributed by atoms with E-state index < -0.39 is 0 Å². The van der Waals surface area contributed by atoms with E-state index in [9.17, 15) is 0 Å². The van der Waals surface area contributed by atoms with Crippen molar-refractivity contribution in [3.63, 3.8) is 0 Å². The Labute approximate surface area is 119 Å². The summed E-state index contributed by atoms with van der Waals surface area (Å²) in [6.45, 7) is 4.36. The van der Waals surface area contributed by atoms with Crippen LogP contribution in [0.4, 0.5) is 5.69 Å².